The highest BCUT2D eigenvalue weighted by atomic mass is 32.2. The Morgan fingerprint density at radius 3 is 2.86 bits per heavy atom. The number of hydrogen-bond donors (Lipinski definition) is 1. The molecule has 1 aliphatic rings. The molecule has 0 radical (unpaired) electrons. The van der Waals surface area contributed by atoms with Crippen molar-refractivity contribution in [2.45, 2.75) is 24.6 Å². The van der Waals surface area contributed by atoms with Crippen molar-refractivity contribution in [3.63, 3.8) is 0 Å². The van der Waals surface area contributed by atoms with Gasteiger partial charge < -0.3 is 5.32 Å². The van der Waals surface area contributed by atoms with E-state index in [1.54, 1.807) is 0 Å². The lowest BCUT2D eigenvalue weighted by molar-refractivity contribution is 0.593. The molecule has 76 valence electrons. The first-order valence-corrected chi connectivity index (χ1v) is 6.31. The van der Waals surface area contributed by atoms with E-state index in [2.05, 4.69) is 54.3 Å². The predicted octanol–water partition coefficient (Wildman–Crippen LogP) is 2.84. The van der Waals surface area contributed by atoms with E-state index >= 15 is 0 Å². The molecule has 1 heterocycles. The molecule has 2 atom stereocenters. The molecule has 0 aliphatic carbocycles. The van der Waals surface area contributed by atoms with E-state index in [4.69, 9.17) is 0 Å². The predicted molar refractivity (Wildman–Crippen MR) is 63.7 cm³/mol. The van der Waals surface area contributed by atoms with Crippen LogP contribution >= 0.6 is 11.8 Å². The van der Waals surface area contributed by atoms with Crippen molar-refractivity contribution in [1.82, 2.24) is 5.32 Å². The number of nitrogens with one attached hydrogen (secondary N) is 1. The molecule has 2 unspecified atom stereocenters. The van der Waals surface area contributed by atoms with Gasteiger partial charge in [0.2, 0.25) is 0 Å². The van der Waals surface area contributed by atoms with Gasteiger partial charge in [0.15, 0.2) is 0 Å². The molecule has 1 saturated heterocycles. The van der Waals surface area contributed by atoms with Gasteiger partial charge >= 0.3 is 0 Å². The van der Waals surface area contributed by atoms with Gasteiger partial charge in [-0.1, -0.05) is 37.3 Å². The quantitative estimate of drug-likeness (QED) is 0.818. The summed E-state index contributed by atoms with van der Waals surface area (Å²) in [5.41, 5.74) is 1.46. The first kappa shape index (κ1) is 10.1. The fourth-order valence-corrected chi connectivity index (χ4v) is 3.05. The fourth-order valence-electron chi connectivity index (χ4n) is 1.87. The van der Waals surface area contributed by atoms with Crippen LogP contribution in [0, 0.1) is 0 Å². The van der Waals surface area contributed by atoms with Crippen LogP contribution in [-0.4, -0.2) is 17.7 Å². The maximum absolute atomic E-state index is 3.52. The van der Waals surface area contributed by atoms with Crippen LogP contribution in [0.4, 0.5) is 0 Å². The Bertz CT molecular complexity index is 267. The van der Waals surface area contributed by atoms with Gasteiger partial charge in [-0.2, -0.15) is 0 Å². The zero-order valence-corrected chi connectivity index (χ0v) is 9.39. The normalized spacial score (nSPS) is 23.6. The fraction of sp³-hybridized carbons (Fsp3) is 0.500. The third kappa shape index (κ3) is 2.52. The number of benzene rings is 1. The van der Waals surface area contributed by atoms with E-state index < -0.39 is 0 Å². The summed E-state index contributed by atoms with van der Waals surface area (Å²) in [5.74, 6) is 1.94. The first-order valence-electron chi connectivity index (χ1n) is 5.26. The van der Waals surface area contributed by atoms with Crippen LogP contribution in [0.25, 0.3) is 0 Å². The molecule has 1 aromatic rings. The average Bonchev–Trinajstić information content (AvgIpc) is 2.72. The van der Waals surface area contributed by atoms with E-state index in [0.29, 0.717) is 11.3 Å². The average molecular weight is 207 g/mol. The van der Waals surface area contributed by atoms with Crippen LogP contribution in [0.2, 0.25) is 0 Å². The van der Waals surface area contributed by atoms with Gasteiger partial charge in [0.1, 0.15) is 0 Å². The van der Waals surface area contributed by atoms with Gasteiger partial charge in [-0.05, 0) is 17.9 Å². The minimum atomic E-state index is 0.666. The Morgan fingerprint density at radius 2 is 2.21 bits per heavy atom. The number of hydrogen-bond acceptors (Lipinski definition) is 2. The summed E-state index contributed by atoms with van der Waals surface area (Å²) in [4.78, 5) is 0. The Morgan fingerprint density at radius 1 is 1.43 bits per heavy atom. The van der Waals surface area contributed by atoms with E-state index in [-0.39, 0.29) is 0 Å². The van der Waals surface area contributed by atoms with Crippen molar-refractivity contribution >= 4 is 11.8 Å². The van der Waals surface area contributed by atoms with Gasteiger partial charge in [-0.15, -0.1) is 11.8 Å². The van der Waals surface area contributed by atoms with Crippen LogP contribution in [-0.2, 0) is 0 Å². The second-order valence-corrected chi connectivity index (χ2v) is 5.17. The monoisotopic (exact) mass is 207 g/mol. The SMILES string of the molecule is CC(CC1NCCS1)c1ccccc1. The van der Waals surface area contributed by atoms with E-state index in [9.17, 15) is 0 Å². The zero-order chi connectivity index (χ0) is 9.80. The Kier molecular flexibility index (Phi) is 3.49. The summed E-state index contributed by atoms with van der Waals surface area (Å²) in [5, 5.41) is 4.19. The van der Waals surface area contributed by atoms with Gasteiger partial charge in [-0.25, -0.2) is 0 Å². The van der Waals surface area contributed by atoms with E-state index in [1.165, 1.54) is 24.3 Å². The molecule has 0 aromatic heterocycles. The lowest BCUT2D eigenvalue weighted by atomic mass is 9.98. The minimum Gasteiger partial charge on any atom is -0.304 e. The van der Waals surface area contributed by atoms with E-state index in [0.717, 1.165) is 0 Å². The molecular formula is C12H17NS. The summed E-state index contributed by atoms with van der Waals surface area (Å²) < 4.78 is 0. The maximum atomic E-state index is 3.52. The topological polar surface area (TPSA) is 12.0 Å². The molecule has 0 bridgehead atoms. The minimum absolute atomic E-state index is 0.666. The first-order chi connectivity index (χ1) is 6.86. The van der Waals surface area contributed by atoms with Gasteiger partial charge in [-0.3, -0.25) is 0 Å². The Labute approximate surface area is 90.3 Å². The molecule has 0 spiro atoms. The van der Waals surface area contributed by atoms with Crippen molar-refractivity contribution in [3.8, 4) is 0 Å². The molecule has 2 heteroatoms. The van der Waals surface area contributed by atoms with Crippen molar-refractivity contribution in [1.29, 1.82) is 0 Å². The molecule has 1 N–H and O–H groups in total. The van der Waals surface area contributed by atoms with Crippen LogP contribution < -0.4 is 5.32 Å². The zero-order valence-electron chi connectivity index (χ0n) is 8.57. The van der Waals surface area contributed by atoms with Crippen molar-refractivity contribution in [2.24, 2.45) is 0 Å². The summed E-state index contributed by atoms with van der Waals surface area (Å²) in [6.07, 6.45) is 1.24. The second kappa shape index (κ2) is 4.85. The molecule has 1 aromatic carbocycles. The highest BCUT2D eigenvalue weighted by Gasteiger charge is 2.17. The van der Waals surface area contributed by atoms with Gasteiger partial charge in [0.25, 0.3) is 0 Å². The van der Waals surface area contributed by atoms with Crippen molar-refractivity contribution in [2.75, 3.05) is 12.3 Å². The smallest absolute Gasteiger partial charge is 0.0538 e. The van der Waals surface area contributed by atoms with Crippen LogP contribution in [0.1, 0.15) is 24.8 Å². The number of rotatable bonds is 3. The van der Waals surface area contributed by atoms with Crippen molar-refractivity contribution < 1.29 is 0 Å². The third-order valence-corrected chi connectivity index (χ3v) is 3.93. The highest BCUT2D eigenvalue weighted by Crippen LogP contribution is 2.26. The molecule has 1 fully saturated rings. The van der Waals surface area contributed by atoms with Crippen LogP contribution in [0.3, 0.4) is 0 Å². The van der Waals surface area contributed by atoms with Crippen LogP contribution in [0.5, 0.6) is 0 Å². The molecular weight excluding hydrogens is 190 g/mol. The maximum Gasteiger partial charge on any atom is 0.0538 e. The van der Waals surface area contributed by atoms with Gasteiger partial charge in [0.05, 0.1) is 5.37 Å². The highest BCUT2D eigenvalue weighted by molar-refractivity contribution is 8.00. The Hall–Kier alpha value is -0.470. The standard InChI is InChI=1S/C12H17NS/c1-10(9-12-13-7-8-14-12)11-5-3-2-4-6-11/h2-6,10,12-13H,7-9H2,1H3. The summed E-state index contributed by atoms with van der Waals surface area (Å²) in [6.45, 7) is 3.49. The lowest BCUT2D eigenvalue weighted by Crippen LogP contribution is -2.21. The number of thioether (sulfide) groups is 1. The summed E-state index contributed by atoms with van der Waals surface area (Å²) in [7, 11) is 0. The molecule has 2 rings (SSSR count). The molecule has 14 heavy (non-hydrogen) atoms. The second-order valence-electron chi connectivity index (χ2n) is 3.86. The van der Waals surface area contributed by atoms with Crippen molar-refractivity contribution in [3.05, 3.63) is 35.9 Å². The molecule has 0 saturated carbocycles. The van der Waals surface area contributed by atoms with E-state index in [1.807, 2.05) is 0 Å². The lowest BCUT2D eigenvalue weighted by Gasteiger charge is -2.16. The summed E-state index contributed by atoms with van der Waals surface area (Å²) in [6, 6.07) is 10.8. The molecule has 1 aliphatic heterocycles. The van der Waals surface area contributed by atoms with Gasteiger partial charge in [0, 0.05) is 12.3 Å². The molecule has 1 nitrogen and oxygen atoms in total. The summed E-state index contributed by atoms with van der Waals surface area (Å²) >= 11 is 2.05. The Balaban J connectivity index is 1.92. The largest absolute Gasteiger partial charge is 0.304 e. The van der Waals surface area contributed by atoms with Crippen LogP contribution in [0.15, 0.2) is 30.3 Å². The third-order valence-electron chi connectivity index (χ3n) is 2.73. The molecule has 0 amide bonds.